The van der Waals surface area contributed by atoms with E-state index >= 15 is 0 Å². The number of carboxylic acids is 1. The number of carbonyl (C=O) groups is 1. The van der Waals surface area contributed by atoms with Crippen molar-refractivity contribution in [2.75, 3.05) is 13.1 Å². The van der Waals surface area contributed by atoms with Crippen molar-refractivity contribution in [3.63, 3.8) is 0 Å². The van der Waals surface area contributed by atoms with Crippen LogP contribution in [0.25, 0.3) is 0 Å². The summed E-state index contributed by atoms with van der Waals surface area (Å²) in [5.41, 5.74) is 0. The van der Waals surface area contributed by atoms with Crippen LogP contribution in [0.4, 0.5) is 0 Å². The average molecular weight is 280 g/mol. The van der Waals surface area contributed by atoms with Crippen LogP contribution in [-0.4, -0.2) is 47.2 Å². The molecule has 0 radical (unpaired) electrons. The van der Waals surface area contributed by atoms with Gasteiger partial charge in [-0.1, -0.05) is 13.3 Å². The van der Waals surface area contributed by atoms with Gasteiger partial charge in [0, 0.05) is 24.7 Å². The Morgan fingerprint density at radius 1 is 1.25 bits per heavy atom. The highest BCUT2D eigenvalue weighted by Crippen LogP contribution is 2.36. The Balaban J connectivity index is 1.41. The summed E-state index contributed by atoms with van der Waals surface area (Å²) in [6.07, 6.45) is 8.90. The first-order chi connectivity index (χ1) is 9.65. The molecule has 0 aliphatic heterocycles. The highest BCUT2D eigenvalue weighted by molar-refractivity contribution is 5.69. The van der Waals surface area contributed by atoms with E-state index < -0.39 is 5.97 Å². The van der Waals surface area contributed by atoms with Gasteiger partial charge in [-0.25, -0.2) is 0 Å². The van der Waals surface area contributed by atoms with Gasteiger partial charge >= 0.3 is 5.97 Å². The molecule has 2 atom stereocenters. The minimum atomic E-state index is -0.674. The van der Waals surface area contributed by atoms with E-state index in [1.54, 1.807) is 0 Å². The number of nitrogens with one attached hydrogen (secondary N) is 1. The summed E-state index contributed by atoms with van der Waals surface area (Å²) < 4.78 is 0. The number of carboxylic acid groups (broad SMARTS) is 1. The van der Waals surface area contributed by atoms with Crippen LogP contribution in [0.2, 0.25) is 0 Å². The van der Waals surface area contributed by atoms with Crippen molar-refractivity contribution in [1.82, 2.24) is 10.2 Å². The van der Waals surface area contributed by atoms with Gasteiger partial charge in [0.2, 0.25) is 0 Å². The summed E-state index contributed by atoms with van der Waals surface area (Å²) in [5.74, 6) is 0.986. The zero-order valence-corrected chi connectivity index (χ0v) is 12.6. The molecule has 3 rings (SSSR count). The SMILES string of the molecule is CCC1CCC1NC1CC(N(CC(=O)O)CC2CC2)C1. The number of aliphatic carboxylic acids is 1. The van der Waals surface area contributed by atoms with Gasteiger partial charge in [0.15, 0.2) is 0 Å². The number of nitrogens with zero attached hydrogens (tertiary/aromatic N) is 1. The second-order valence-electron chi connectivity index (χ2n) is 7.11. The Bertz CT molecular complexity index is 348. The van der Waals surface area contributed by atoms with Crippen LogP contribution in [0.5, 0.6) is 0 Å². The minimum absolute atomic E-state index is 0.231. The van der Waals surface area contributed by atoms with E-state index in [9.17, 15) is 4.79 Å². The predicted molar refractivity (Wildman–Crippen MR) is 78.7 cm³/mol. The molecular weight excluding hydrogens is 252 g/mol. The van der Waals surface area contributed by atoms with Gasteiger partial charge in [-0.05, 0) is 50.4 Å². The average Bonchev–Trinajstić information content (AvgIpc) is 3.09. The van der Waals surface area contributed by atoms with Crippen molar-refractivity contribution in [1.29, 1.82) is 0 Å². The highest BCUT2D eigenvalue weighted by Gasteiger charge is 2.39. The normalized spacial score (nSPS) is 36.5. The Morgan fingerprint density at radius 2 is 2.00 bits per heavy atom. The molecule has 0 amide bonds. The molecule has 4 heteroatoms. The van der Waals surface area contributed by atoms with Gasteiger partial charge in [0.25, 0.3) is 0 Å². The van der Waals surface area contributed by atoms with Crippen LogP contribution >= 0.6 is 0 Å². The third-order valence-corrected chi connectivity index (χ3v) is 5.55. The van der Waals surface area contributed by atoms with Gasteiger partial charge in [0.05, 0.1) is 6.54 Å². The lowest BCUT2D eigenvalue weighted by Crippen LogP contribution is -2.58. The monoisotopic (exact) mass is 280 g/mol. The molecule has 3 fully saturated rings. The first kappa shape index (κ1) is 14.3. The molecule has 3 saturated carbocycles. The topological polar surface area (TPSA) is 52.6 Å². The summed E-state index contributed by atoms with van der Waals surface area (Å²) in [7, 11) is 0. The maximum absolute atomic E-state index is 11.0. The predicted octanol–water partition coefficient (Wildman–Crippen LogP) is 2.09. The summed E-state index contributed by atoms with van der Waals surface area (Å²) >= 11 is 0. The van der Waals surface area contributed by atoms with Crippen LogP contribution in [0, 0.1) is 11.8 Å². The van der Waals surface area contributed by atoms with Crippen molar-refractivity contribution in [2.24, 2.45) is 11.8 Å². The third-order valence-electron chi connectivity index (χ3n) is 5.55. The van der Waals surface area contributed by atoms with E-state index in [-0.39, 0.29) is 6.54 Å². The minimum Gasteiger partial charge on any atom is -0.480 e. The standard InChI is InChI=1S/C16H28N2O2/c1-2-12-5-6-15(12)17-13-7-14(8-13)18(10-16(19)20)9-11-3-4-11/h11-15,17H,2-10H2,1H3,(H,19,20). The summed E-state index contributed by atoms with van der Waals surface area (Å²) in [4.78, 5) is 13.2. The second kappa shape index (κ2) is 6.02. The first-order valence-electron chi connectivity index (χ1n) is 8.37. The Labute approximate surface area is 121 Å². The molecule has 3 aliphatic rings. The van der Waals surface area contributed by atoms with Gasteiger partial charge in [-0.2, -0.15) is 0 Å². The lowest BCUT2D eigenvalue weighted by atomic mass is 9.75. The summed E-state index contributed by atoms with van der Waals surface area (Å²) in [6.45, 7) is 3.52. The van der Waals surface area contributed by atoms with Crippen LogP contribution < -0.4 is 5.32 Å². The first-order valence-corrected chi connectivity index (χ1v) is 8.37. The van der Waals surface area contributed by atoms with E-state index in [4.69, 9.17) is 5.11 Å². The maximum atomic E-state index is 11.0. The summed E-state index contributed by atoms with van der Waals surface area (Å²) in [5, 5.41) is 12.8. The van der Waals surface area contributed by atoms with E-state index in [2.05, 4.69) is 17.1 Å². The fourth-order valence-electron chi connectivity index (χ4n) is 3.75. The second-order valence-corrected chi connectivity index (χ2v) is 7.11. The summed E-state index contributed by atoms with van der Waals surface area (Å²) in [6, 6.07) is 1.88. The van der Waals surface area contributed by atoms with E-state index in [1.807, 2.05) is 0 Å². The number of hydrogen-bond donors (Lipinski definition) is 2. The molecule has 3 aliphatic carbocycles. The fourth-order valence-corrected chi connectivity index (χ4v) is 3.75. The van der Waals surface area contributed by atoms with Crippen molar-refractivity contribution in [3.8, 4) is 0 Å². The molecular formula is C16H28N2O2. The third kappa shape index (κ3) is 3.34. The van der Waals surface area contributed by atoms with Gasteiger partial charge < -0.3 is 10.4 Å². The molecule has 0 bridgehead atoms. The van der Waals surface area contributed by atoms with Crippen molar-refractivity contribution in [3.05, 3.63) is 0 Å². The van der Waals surface area contributed by atoms with Crippen LogP contribution in [-0.2, 0) is 4.79 Å². The maximum Gasteiger partial charge on any atom is 0.317 e. The van der Waals surface area contributed by atoms with Crippen molar-refractivity contribution in [2.45, 2.75) is 70.0 Å². The Kier molecular flexibility index (Phi) is 4.32. The van der Waals surface area contributed by atoms with Gasteiger partial charge in [0.1, 0.15) is 0 Å². The molecule has 4 nitrogen and oxygen atoms in total. The molecule has 0 saturated heterocycles. The van der Waals surface area contributed by atoms with Crippen LogP contribution in [0.1, 0.15) is 51.9 Å². The quantitative estimate of drug-likeness (QED) is 0.715. The molecule has 2 unspecified atom stereocenters. The highest BCUT2D eigenvalue weighted by atomic mass is 16.4. The Morgan fingerprint density at radius 3 is 2.50 bits per heavy atom. The smallest absolute Gasteiger partial charge is 0.317 e. The molecule has 114 valence electrons. The Hall–Kier alpha value is -0.610. The van der Waals surface area contributed by atoms with Crippen molar-refractivity contribution >= 4 is 5.97 Å². The molecule has 20 heavy (non-hydrogen) atoms. The zero-order chi connectivity index (χ0) is 14.1. The van der Waals surface area contributed by atoms with E-state index in [1.165, 1.54) is 32.1 Å². The van der Waals surface area contributed by atoms with E-state index in [0.717, 1.165) is 37.3 Å². The molecule has 2 N–H and O–H groups in total. The van der Waals surface area contributed by atoms with Gasteiger partial charge in [-0.3, -0.25) is 9.69 Å². The van der Waals surface area contributed by atoms with Crippen LogP contribution in [0.15, 0.2) is 0 Å². The van der Waals surface area contributed by atoms with E-state index in [0.29, 0.717) is 12.1 Å². The van der Waals surface area contributed by atoms with Crippen molar-refractivity contribution < 1.29 is 9.90 Å². The molecule has 0 aromatic heterocycles. The lowest BCUT2D eigenvalue weighted by molar-refractivity contribution is -0.139. The molecule has 0 spiro atoms. The van der Waals surface area contributed by atoms with Crippen LogP contribution in [0.3, 0.4) is 0 Å². The lowest BCUT2D eigenvalue weighted by Gasteiger charge is -2.47. The molecule has 0 aromatic carbocycles. The fraction of sp³-hybridized carbons (Fsp3) is 0.938. The number of rotatable bonds is 8. The van der Waals surface area contributed by atoms with Gasteiger partial charge in [-0.15, -0.1) is 0 Å². The molecule has 0 aromatic rings. The number of hydrogen-bond acceptors (Lipinski definition) is 3. The largest absolute Gasteiger partial charge is 0.480 e. The zero-order valence-electron chi connectivity index (χ0n) is 12.6. The molecule has 0 heterocycles.